The molecule has 0 heterocycles. The summed E-state index contributed by atoms with van der Waals surface area (Å²) in [6, 6.07) is 5.08. The number of carboxylic acid groups (broad SMARTS) is 1. The summed E-state index contributed by atoms with van der Waals surface area (Å²) in [6.45, 7) is 1.83. The van der Waals surface area contributed by atoms with Gasteiger partial charge in [-0.3, -0.25) is 14.9 Å². The first-order chi connectivity index (χ1) is 9.49. The lowest BCUT2D eigenvalue weighted by molar-refractivity contribution is -0.384. The summed E-state index contributed by atoms with van der Waals surface area (Å²) in [5, 5.41) is 23.2. The van der Waals surface area contributed by atoms with Gasteiger partial charge in [0.15, 0.2) is 0 Å². The molecule has 20 heavy (non-hydrogen) atoms. The van der Waals surface area contributed by atoms with E-state index in [0.29, 0.717) is 18.5 Å². The van der Waals surface area contributed by atoms with E-state index in [-0.39, 0.29) is 17.6 Å². The Balaban J connectivity index is 2.08. The third kappa shape index (κ3) is 3.07. The molecule has 0 radical (unpaired) electrons. The van der Waals surface area contributed by atoms with E-state index in [1.54, 1.807) is 6.07 Å². The standard InChI is InChI=1S/C14H18N2O4/c1-9-3-2-4-12(16(19)20)13(9)15-11-7-5-10(6-8-11)14(17)18/h2-4,10-11,15H,5-8H2,1H3,(H,17,18). The Labute approximate surface area is 117 Å². The number of nitrogens with zero attached hydrogens (tertiary/aromatic N) is 1. The average molecular weight is 278 g/mol. The first kappa shape index (κ1) is 14.3. The minimum atomic E-state index is -0.745. The SMILES string of the molecule is Cc1cccc([N+](=O)[O-])c1NC1CCC(C(=O)O)CC1. The topological polar surface area (TPSA) is 92.5 Å². The Hall–Kier alpha value is -2.11. The lowest BCUT2D eigenvalue weighted by Gasteiger charge is -2.28. The van der Waals surface area contributed by atoms with E-state index in [1.807, 2.05) is 13.0 Å². The van der Waals surface area contributed by atoms with Crippen LogP contribution in [0.4, 0.5) is 11.4 Å². The van der Waals surface area contributed by atoms with Gasteiger partial charge in [0.2, 0.25) is 0 Å². The van der Waals surface area contributed by atoms with Crippen molar-refractivity contribution < 1.29 is 14.8 Å². The van der Waals surface area contributed by atoms with Crippen molar-refractivity contribution in [2.75, 3.05) is 5.32 Å². The number of para-hydroxylation sites is 1. The summed E-state index contributed by atoms with van der Waals surface area (Å²) < 4.78 is 0. The minimum absolute atomic E-state index is 0.0744. The first-order valence-electron chi connectivity index (χ1n) is 6.72. The molecule has 0 saturated heterocycles. The van der Waals surface area contributed by atoms with E-state index < -0.39 is 10.9 Å². The number of aliphatic carboxylic acids is 1. The molecule has 2 N–H and O–H groups in total. The highest BCUT2D eigenvalue weighted by molar-refractivity contribution is 5.70. The van der Waals surface area contributed by atoms with Crippen LogP contribution < -0.4 is 5.32 Å². The highest BCUT2D eigenvalue weighted by Gasteiger charge is 2.27. The molecular formula is C14H18N2O4. The molecule has 0 atom stereocenters. The van der Waals surface area contributed by atoms with Crippen molar-refractivity contribution in [3.05, 3.63) is 33.9 Å². The summed E-state index contributed by atoms with van der Waals surface area (Å²) in [6.07, 6.45) is 2.68. The molecule has 0 aromatic heterocycles. The number of anilines is 1. The number of benzene rings is 1. The van der Waals surface area contributed by atoms with Crippen LogP contribution in [0.1, 0.15) is 31.2 Å². The van der Waals surface area contributed by atoms with E-state index in [0.717, 1.165) is 18.4 Å². The number of hydrogen-bond acceptors (Lipinski definition) is 4. The zero-order valence-electron chi connectivity index (χ0n) is 11.3. The Morgan fingerprint density at radius 3 is 2.55 bits per heavy atom. The molecule has 1 aliphatic rings. The van der Waals surface area contributed by atoms with Gasteiger partial charge in [-0.05, 0) is 38.2 Å². The lowest BCUT2D eigenvalue weighted by Crippen LogP contribution is -2.29. The Kier molecular flexibility index (Phi) is 4.22. The minimum Gasteiger partial charge on any atom is -0.481 e. The lowest BCUT2D eigenvalue weighted by atomic mass is 9.86. The second-order valence-electron chi connectivity index (χ2n) is 5.26. The molecule has 1 aliphatic carbocycles. The molecule has 1 saturated carbocycles. The maximum atomic E-state index is 11.0. The van der Waals surface area contributed by atoms with Gasteiger partial charge in [0, 0.05) is 12.1 Å². The second kappa shape index (κ2) is 5.90. The van der Waals surface area contributed by atoms with E-state index in [9.17, 15) is 14.9 Å². The van der Waals surface area contributed by atoms with Crippen molar-refractivity contribution in [3.63, 3.8) is 0 Å². The number of hydrogen-bond donors (Lipinski definition) is 2. The van der Waals surface area contributed by atoms with E-state index in [2.05, 4.69) is 5.32 Å². The predicted molar refractivity (Wildman–Crippen MR) is 74.8 cm³/mol. The zero-order chi connectivity index (χ0) is 14.7. The number of aryl methyl sites for hydroxylation is 1. The molecule has 0 unspecified atom stereocenters. The molecular weight excluding hydrogens is 260 g/mol. The van der Waals surface area contributed by atoms with Crippen molar-refractivity contribution in [1.82, 2.24) is 0 Å². The molecule has 1 fully saturated rings. The molecule has 6 nitrogen and oxygen atoms in total. The summed E-state index contributed by atoms with van der Waals surface area (Å²) in [4.78, 5) is 21.6. The van der Waals surface area contributed by atoms with Gasteiger partial charge in [-0.15, -0.1) is 0 Å². The molecule has 0 spiro atoms. The smallest absolute Gasteiger partial charge is 0.306 e. The molecule has 2 rings (SSSR count). The second-order valence-corrected chi connectivity index (χ2v) is 5.26. The van der Waals surface area contributed by atoms with Gasteiger partial charge in [0.1, 0.15) is 5.69 Å². The molecule has 6 heteroatoms. The zero-order valence-corrected chi connectivity index (χ0v) is 11.3. The molecule has 1 aromatic carbocycles. The number of carboxylic acids is 1. The number of nitro groups is 1. The maximum absolute atomic E-state index is 11.0. The van der Waals surface area contributed by atoms with E-state index in [1.165, 1.54) is 6.07 Å². The predicted octanol–water partition coefficient (Wildman–Crippen LogP) is 2.96. The summed E-state index contributed by atoms with van der Waals surface area (Å²) in [7, 11) is 0. The molecule has 108 valence electrons. The normalized spacial score (nSPS) is 22.2. The van der Waals surface area contributed by atoms with Crippen LogP contribution in [0.15, 0.2) is 18.2 Å². The Morgan fingerprint density at radius 1 is 1.35 bits per heavy atom. The maximum Gasteiger partial charge on any atom is 0.306 e. The van der Waals surface area contributed by atoms with Gasteiger partial charge in [-0.1, -0.05) is 12.1 Å². The van der Waals surface area contributed by atoms with Crippen LogP contribution in [0.3, 0.4) is 0 Å². The third-order valence-corrected chi connectivity index (χ3v) is 3.87. The summed E-state index contributed by atoms with van der Waals surface area (Å²) >= 11 is 0. The largest absolute Gasteiger partial charge is 0.481 e. The monoisotopic (exact) mass is 278 g/mol. The highest BCUT2D eigenvalue weighted by atomic mass is 16.6. The third-order valence-electron chi connectivity index (χ3n) is 3.87. The highest BCUT2D eigenvalue weighted by Crippen LogP contribution is 2.32. The van der Waals surface area contributed by atoms with E-state index in [4.69, 9.17) is 5.11 Å². The molecule has 0 aliphatic heterocycles. The van der Waals surface area contributed by atoms with Crippen molar-refractivity contribution in [3.8, 4) is 0 Å². The van der Waals surface area contributed by atoms with Gasteiger partial charge in [-0.25, -0.2) is 0 Å². The van der Waals surface area contributed by atoms with Gasteiger partial charge >= 0.3 is 5.97 Å². The fourth-order valence-corrected chi connectivity index (χ4v) is 2.68. The van der Waals surface area contributed by atoms with Crippen LogP contribution in [0.2, 0.25) is 0 Å². The van der Waals surface area contributed by atoms with Gasteiger partial charge < -0.3 is 10.4 Å². The van der Waals surface area contributed by atoms with Crippen molar-refractivity contribution in [2.45, 2.75) is 38.6 Å². The van der Waals surface area contributed by atoms with Crippen LogP contribution in [0.25, 0.3) is 0 Å². The summed E-state index contributed by atoms with van der Waals surface area (Å²) in [5.74, 6) is -1.02. The van der Waals surface area contributed by atoms with Crippen molar-refractivity contribution >= 4 is 17.3 Å². The van der Waals surface area contributed by atoms with Crippen LogP contribution in [-0.4, -0.2) is 22.0 Å². The fraction of sp³-hybridized carbons (Fsp3) is 0.500. The number of nitro benzene ring substituents is 1. The van der Waals surface area contributed by atoms with Crippen LogP contribution in [-0.2, 0) is 4.79 Å². The van der Waals surface area contributed by atoms with Gasteiger partial charge in [0.25, 0.3) is 5.69 Å². The van der Waals surface area contributed by atoms with Gasteiger partial charge in [0.05, 0.1) is 10.8 Å². The molecule has 0 amide bonds. The number of carbonyl (C=O) groups is 1. The van der Waals surface area contributed by atoms with Gasteiger partial charge in [-0.2, -0.15) is 0 Å². The van der Waals surface area contributed by atoms with Crippen LogP contribution in [0.5, 0.6) is 0 Å². The van der Waals surface area contributed by atoms with Crippen molar-refractivity contribution in [1.29, 1.82) is 0 Å². The Morgan fingerprint density at radius 2 is 2.00 bits per heavy atom. The number of rotatable bonds is 4. The summed E-state index contributed by atoms with van der Waals surface area (Å²) in [5.41, 5.74) is 1.46. The molecule has 0 bridgehead atoms. The van der Waals surface area contributed by atoms with E-state index >= 15 is 0 Å². The van der Waals surface area contributed by atoms with Crippen LogP contribution >= 0.6 is 0 Å². The Bertz CT molecular complexity index is 522. The molecule has 1 aromatic rings. The average Bonchev–Trinajstić information content (AvgIpc) is 2.41. The van der Waals surface area contributed by atoms with Crippen LogP contribution in [0, 0.1) is 23.0 Å². The fourth-order valence-electron chi connectivity index (χ4n) is 2.68. The quantitative estimate of drug-likeness (QED) is 0.652. The van der Waals surface area contributed by atoms with Crippen molar-refractivity contribution in [2.24, 2.45) is 5.92 Å². The first-order valence-corrected chi connectivity index (χ1v) is 6.72. The number of nitrogens with one attached hydrogen (secondary N) is 1.